The van der Waals surface area contributed by atoms with Crippen LogP contribution >= 0.6 is 23.2 Å². The van der Waals surface area contributed by atoms with Crippen molar-refractivity contribution in [3.63, 3.8) is 0 Å². The number of hydrogen-bond donors (Lipinski definition) is 1. The summed E-state index contributed by atoms with van der Waals surface area (Å²) in [5.74, 6) is -0.422. The number of nitrogens with one attached hydrogen (secondary N) is 1. The molecule has 1 aliphatic rings. The van der Waals surface area contributed by atoms with Gasteiger partial charge >= 0.3 is 0 Å². The van der Waals surface area contributed by atoms with E-state index in [1.54, 1.807) is 0 Å². The van der Waals surface area contributed by atoms with Gasteiger partial charge in [0.05, 0.1) is 5.02 Å². The van der Waals surface area contributed by atoms with Crippen molar-refractivity contribution < 1.29 is 4.39 Å². The van der Waals surface area contributed by atoms with Crippen LogP contribution in [0.5, 0.6) is 0 Å². The highest BCUT2D eigenvalue weighted by molar-refractivity contribution is 6.35. The summed E-state index contributed by atoms with van der Waals surface area (Å²) in [5.41, 5.74) is 0.757. The highest BCUT2D eigenvalue weighted by Crippen LogP contribution is 2.28. The van der Waals surface area contributed by atoms with Crippen molar-refractivity contribution in [3.8, 4) is 0 Å². The van der Waals surface area contributed by atoms with Crippen molar-refractivity contribution in [2.24, 2.45) is 0 Å². The molecule has 1 fully saturated rings. The zero-order chi connectivity index (χ0) is 14.7. The average molecular weight is 319 g/mol. The van der Waals surface area contributed by atoms with Crippen molar-refractivity contribution in [2.45, 2.75) is 38.3 Å². The molecule has 5 heteroatoms. The van der Waals surface area contributed by atoms with Gasteiger partial charge in [0.25, 0.3) is 0 Å². The molecule has 0 spiro atoms. The van der Waals surface area contributed by atoms with Crippen molar-refractivity contribution in [1.82, 2.24) is 10.2 Å². The van der Waals surface area contributed by atoms with E-state index in [9.17, 15) is 4.39 Å². The molecule has 2 rings (SSSR count). The van der Waals surface area contributed by atoms with Gasteiger partial charge in [-0.1, -0.05) is 29.6 Å². The van der Waals surface area contributed by atoms with Gasteiger partial charge in [0.2, 0.25) is 0 Å². The van der Waals surface area contributed by atoms with E-state index in [-0.39, 0.29) is 11.1 Å². The first kappa shape index (κ1) is 16.0. The first-order valence-corrected chi connectivity index (χ1v) is 7.82. The zero-order valence-corrected chi connectivity index (χ0v) is 13.4. The minimum Gasteiger partial charge on any atom is -0.309 e. The molecular weight excluding hydrogens is 298 g/mol. The summed E-state index contributed by atoms with van der Waals surface area (Å²) < 4.78 is 13.5. The van der Waals surface area contributed by atoms with Crippen LogP contribution in [0.25, 0.3) is 0 Å². The van der Waals surface area contributed by atoms with Crippen molar-refractivity contribution in [2.75, 3.05) is 20.1 Å². The third kappa shape index (κ3) is 3.85. The Balaban J connectivity index is 1.97. The maximum atomic E-state index is 13.5. The smallest absolute Gasteiger partial charge is 0.142 e. The third-order valence-corrected chi connectivity index (χ3v) is 4.70. The number of likely N-dealkylation sites (tertiary alicyclic amines) is 1. The molecule has 112 valence electrons. The molecule has 0 aromatic heterocycles. The van der Waals surface area contributed by atoms with Gasteiger partial charge in [0, 0.05) is 23.7 Å². The summed E-state index contributed by atoms with van der Waals surface area (Å²) in [6.45, 7) is 4.03. The van der Waals surface area contributed by atoms with Crippen molar-refractivity contribution >= 4 is 23.2 Å². The van der Waals surface area contributed by atoms with E-state index >= 15 is 0 Å². The van der Waals surface area contributed by atoms with E-state index in [2.05, 4.69) is 17.3 Å². The van der Waals surface area contributed by atoms with Gasteiger partial charge in [-0.15, -0.1) is 0 Å². The summed E-state index contributed by atoms with van der Waals surface area (Å²) in [7, 11) is 2.16. The van der Waals surface area contributed by atoms with Crippen LogP contribution < -0.4 is 5.32 Å². The Hall–Kier alpha value is -0.350. The zero-order valence-electron chi connectivity index (χ0n) is 11.9. The Morgan fingerprint density at radius 1 is 1.35 bits per heavy atom. The number of halogens is 3. The summed E-state index contributed by atoms with van der Waals surface area (Å²) >= 11 is 11.9. The monoisotopic (exact) mass is 318 g/mol. The van der Waals surface area contributed by atoms with Crippen molar-refractivity contribution in [3.05, 3.63) is 33.6 Å². The molecule has 1 N–H and O–H groups in total. The predicted octanol–water partition coefficient (Wildman–Crippen LogP) is 4.27. The quantitative estimate of drug-likeness (QED) is 0.834. The van der Waals surface area contributed by atoms with Crippen LogP contribution in [-0.2, 0) is 0 Å². The normalized spacial score (nSPS) is 21.9. The number of nitrogens with zero attached hydrogens (tertiary/aromatic N) is 1. The van der Waals surface area contributed by atoms with Gasteiger partial charge in [0.15, 0.2) is 0 Å². The van der Waals surface area contributed by atoms with Crippen LogP contribution in [0.4, 0.5) is 4.39 Å². The third-order valence-electron chi connectivity index (χ3n) is 4.09. The molecule has 0 aliphatic carbocycles. The molecule has 2 nitrogen and oxygen atoms in total. The van der Waals surface area contributed by atoms with E-state index < -0.39 is 5.82 Å². The van der Waals surface area contributed by atoms with Gasteiger partial charge in [-0.3, -0.25) is 0 Å². The summed E-state index contributed by atoms with van der Waals surface area (Å²) in [6.07, 6.45) is 3.76. The molecule has 1 heterocycles. The van der Waals surface area contributed by atoms with E-state index in [0.29, 0.717) is 11.1 Å². The highest BCUT2D eigenvalue weighted by Gasteiger charge is 2.20. The molecule has 20 heavy (non-hydrogen) atoms. The minimum atomic E-state index is -0.422. The lowest BCUT2D eigenvalue weighted by atomic mass is 10.0. The molecule has 1 saturated heterocycles. The topological polar surface area (TPSA) is 15.3 Å². The van der Waals surface area contributed by atoms with E-state index in [4.69, 9.17) is 23.2 Å². The number of hydrogen-bond acceptors (Lipinski definition) is 2. The van der Waals surface area contributed by atoms with Crippen LogP contribution in [0, 0.1) is 5.82 Å². The molecule has 0 bridgehead atoms. The number of likely N-dealkylation sites (N-methyl/N-ethyl adjacent to an activating group) is 1. The lowest BCUT2D eigenvalue weighted by molar-refractivity contribution is 0.178. The Kier molecular flexibility index (Phi) is 5.67. The van der Waals surface area contributed by atoms with Gasteiger partial charge < -0.3 is 10.2 Å². The van der Waals surface area contributed by atoms with Crippen LogP contribution in [0.2, 0.25) is 10.0 Å². The van der Waals surface area contributed by atoms with E-state index in [1.807, 2.05) is 6.92 Å². The Labute approximate surface area is 130 Å². The fraction of sp³-hybridized carbons (Fsp3) is 0.600. The molecule has 1 aromatic rings. The molecular formula is C15H21Cl2FN2. The van der Waals surface area contributed by atoms with E-state index in [0.717, 1.165) is 18.7 Å². The second kappa shape index (κ2) is 7.08. The molecule has 0 radical (unpaired) electrons. The molecule has 1 aliphatic heterocycles. The van der Waals surface area contributed by atoms with Crippen LogP contribution in [0.3, 0.4) is 0 Å². The SMILES string of the molecule is CC(NCC1CCCCN1C)c1cc(F)c(Cl)cc1Cl. The summed E-state index contributed by atoms with van der Waals surface area (Å²) in [4.78, 5) is 2.38. The van der Waals surface area contributed by atoms with E-state index in [1.165, 1.54) is 31.4 Å². The molecule has 0 saturated carbocycles. The first-order chi connectivity index (χ1) is 9.49. The second-order valence-corrected chi connectivity index (χ2v) is 6.36. The number of benzene rings is 1. The lowest BCUT2D eigenvalue weighted by Gasteiger charge is -2.33. The number of rotatable bonds is 4. The first-order valence-electron chi connectivity index (χ1n) is 7.07. The predicted molar refractivity (Wildman–Crippen MR) is 83.1 cm³/mol. The lowest BCUT2D eigenvalue weighted by Crippen LogP contribution is -2.43. The van der Waals surface area contributed by atoms with Gasteiger partial charge in [-0.25, -0.2) is 4.39 Å². The van der Waals surface area contributed by atoms with Gasteiger partial charge in [-0.05, 0) is 51.1 Å². The Bertz CT molecular complexity index is 467. The fourth-order valence-corrected chi connectivity index (χ4v) is 3.24. The minimum absolute atomic E-state index is 0.00425. The number of piperidine rings is 1. The average Bonchev–Trinajstić information content (AvgIpc) is 2.41. The van der Waals surface area contributed by atoms with Crippen molar-refractivity contribution in [1.29, 1.82) is 0 Å². The largest absolute Gasteiger partial charge is 0.309 e. The van der Waals surface area contributed by atoms with Crippen LogP contribution in [-0.4, -0.2) is 31.1 Å². The van der Waals surface area contributed by atoms with Gasteiger partial charge in [0.1, 0.15) is 5.82 Å². The molecule has 0 amide bonds. The standard InChI is InChI=1S/C15H21Cl2FN2/c1-10(12-7-15(18)14(17)8-13(12)16)19-9-11-5-3-4-6-20(11)2/h7-8,10-11,19H,3-6,9H2,1-2H3. The van der Waals surface area contributed by atoms with Crippen LogP contribution in [0.15, 0.2) is 12.1 Å². The molecule has 2 unspecified atom stereocenters. The maximum Gasteiger partial charge on any atom is 0.142 e. The molecule has 1 aromatic carbocycles. The van der Waals surface area contributed by atoms with Gasteiger partial charge in [-0.2, -0.15) is 0 Å². The highest BCUT2D eigenvalue weighted by atomic mass is 35.5. The van der Waals surface area contributed by atoms with Crippen LogP contribution in [0.1, 0.15) is 37.8 Å². The fourth-order valence-electron chi connectivity index (χ4n) is 2.69. The molecule has 2 atom stereocenters. The summed E-state index contributed by atoms with van der Waals surface area (Å²) in [5, 5.41) is 4.03. The maximum absolute atomic E-state index is 13.5. The Morgan fingerprint density at radius 3 is 2.80 bits per heavy atom. The Morgan fingerprint density at radius 2 is 2.10 bits per heavy atom. The summed E-state index contributed by atoms with van der Waals surface area (Å²) in [6, 6.07) is 3.44. The second-order valence-electron chi connectivity index (χ2n) is 5.55.